The number of nitrogens with one attached hydrogen (secondary N) is 1. The topological polar surface area (TPSA) is 20.7 Å². The number of hydrogen-bond donors (Lipinski definition) is 1. The molecule has 3 heteroatoms. The van der Waals surface area contributed by atoms with Crippen LogP contribution in [-0.4, -0.2) is 9.55 Å². The Kier molecular flexibility index (Phi) is 3.22. The van der Waals surface area contributed by atoms with Crippen molar-refractivity contribution < 1.29 is 0 Å². The Morgan fingerprint density at radius 1 is 1.05 bits per heavy atom. The molecule has 96 valence electrons. The molecule has 0 saturated heterocycles. The van der Waals surface area contributed by atoms with Gasteiger partial charge in [0.05, 0.1) is 16.7 Å². The summed E-state index contributed by atoms with van der Waals surface area (Å²) in [7, 11) is 0. The zero-order valence-corrected chi connectivity index (χ0v) is 11.7. The van der Waals surface area contributed by atoms with Gasteiger partial charge in [0.25, 0.3) is 0 Å². The van der Waals surface area contributed by atoms with E-state index in [0.717, 1.165) is 28.6 Å². The first-order valence-corrected chi connectivity index (χ1v) is 7.00. The molecule has 0 bridgehead atoms. The molecule has 0 amide bonds. The molecule has 0 fully saturated rings. The monoisotopic (exact) mass is 268 g/mol. The second kappa shape index (κ2) is 5.02. The first kappa shape index (κ1) is 12.2. The zero-order chi connectivity index (χ0) is 13.2. The number of nitrogens with zero attached hydrogens (tertiary/aromatic N) is 1. The third kappa shape index (κ3) is 2.10. The van der Waals surface area contributed by atoms with E-state index in [4.69, 9.17) is 12.2 Å². The summed E-state index contributed by atoms with van der Waals surface area (Å²) in [6.07, 6.45) is 2.20. The average Bonchev–Trinajstić information content (AvgIpc) is 2.76. The third-order valence-corrected chi connectivity index (χ3v) is 3.63. The van der Waals surface area contributed by atoms with Crippen LogP contribution >= 0.6 is 12.2 Å². The van der Waals surface area contributed by atoms with Crippen molar-refractivity contribution in [1.29, 1.82) is 0 Å². The molecule has 1 aromatic heterocycles. The molecular weight excluding hydrogens is 252 g/mol. The summed E-state index contributed by atoms with van der Waals surface area (Å²) in [5.41, 5.74) is 4.74. The Morgan fingerprint density at radius 2 is 1.79 bits per heavy atom. The van der Waals surface area contributed by atoms with Crippen molar-refractivity contribution in [3.8, 4) is 5.69 Å². The normalized spacial score (nSPS) is 11.0. The highest BCUT2D eigenvalue weighted by Gasteiger charge is 2.09. The SMILES string of the molecule is CCCc1ccccc1-n1c(=S)[nH]c2ccccc21. The van der Waals surface area contributed by atoms with E-state index in [2.05, 4.69) is 52.9 Å². The number of para-hydroxylation sites is 3. The number of H-pyrrole nitrogens is 1. The summed E-state index contributed by atoms with van der Waals surface area (Å²) >= 11 is 5.49. The van der Waals surface area contributed by atoms with Crippen LogP contribution in [0.2, 0.25) is 0 Å². The highest BCUT2D eigenvalue weighted by molar-refractivity contribution is 7.71. The Bertz CT molecular complexity index is 768. The van der Waals surface area contributed by atoms with Crippen LogP contribution in [0.1, 0.15) is 18.9 Å². The lowest BCUT2D eigenvalue weighted by Gasteiger charge is -2.10. The van der Waals surface area contributed by atoms with Crippen LogP contribution in [0, 0.1) is 4.77 Å². The summed E-state index contributed by atoms with van der Waals surface area (Å²) in [6.45, 7) is 2.20. The van der Waals surface area contributed by atoms with E-state index in [1.54, 1.807) is 0 Å². The van der Waals surface area contributed by atoms with Gasteiger partial charge in [-0.15, -0.1) is 0 Å². The number of hydrogen-bond acceptors (Lipinski definition) is 1. The first-order valence-electron chi connectivity index (χ1n) is 6.59. The third-order valence-electron chi connectivity index (χ3n) is 3.34. The van der Waals surface area contributed by atoms with Crippen LogP contribution in [0.4, 0.5) is 0 Å². The minimum Gasteiger partial charge on any atom is -0.330 e. The number of rotatable bonds is 3. The van der Waals surface area contributed by atoms with Crippen molar-refractivity contribution in [2.75, 3.05) is 0 Å². The lowest BCUT2D eigenvalue weighted by molar-refractivity contribution is 0.900. The fraction of sp³-hybridized carbons (Fsp3) is 0.188. The summed E-state index contributed by atoms with van der Waals surface area (Å²) in [5, 5.41) is 0. The predicted octanol–water partition coefficient (Wildman–Crippen LogP) is 4.64. The molecule has 0 atom stereocenters. The quantitative estimate of drug-likeness (QED) is 0.686. The molecule has 1 heterocycles. The van der Waals surface area contributed by atoms with Crippen LogP contribution in [0.15, 0.2) is 48.5 Å². The molecule has 3 rings (SSSR count). The number of fused-ring (bicyclic) bond motifs is 1. The number of aromatic nitrogens is 2. The van der Waals surface area contributed by atoms with E-state index in [1.807, 2.05) is 12.1 Å². The summed E-state index contributed by atoms with van der Waals surface area (Å²) in [5.74, 6) is 0. The van der Waals surface area contributed by atoms with Gasteiger partial charge >= 0.3 is 0 Å². The molecular formula is C16H16N2S. The van der Waals surface area contributed by atoms with Crippen molar-refractivity contribution in [2.45, 2.75) is 19.8 Å². The maximum Gasteiger partial charge on any atom is 0.182 e. The molecule has 1 N–H and O–H groups in total. The Labute approximate surface area is 117 Å². The Balaban J connectivity index is 2.30. The van der Waals surface area contributed by atoms with Gasteiger partial charge in [-0.1, -0.05) is 43.7 Å². The highest BCUT2D eigenvalue weighted by Crippen LogP contribution is 2.22. The molecule has 3 aromatic rings. The van der Waals surface area contributed by atoms with Gasteiger partial charge in [0, 0.05) is 0 Å². The van der Waals surface area contributed by atoms with Gasteiger partial charge < -0.3 is 4.98 Å². The fourth-order valence-electron chi connectivity index (χ4n) is 2.50. The molecule has 2 nitrogen and oxygen atoms in total. The lowest BCUT2D eigenvalue weighted by Crippen LogP contribution is -1.99. The first-order chi connectivity index (χ1) is 9.31. The van der Waals surface area contributed by atoms with E-state index < -0.39 is 0 Å². The number of aromatic amines is 1. The van der Waals surface area contributed by atoms with Crippen LogP contribution in [-0.2, 0) is 6.42 Å². The zero-order valence-electron chi connectivity index (χ0n) is 10.9. The minimum atomic E-state index is 0.754. The van der Waals surface area contributed by atoms with Gasteiger partial charge in [-0.05, 0) is 42.4 Å². The largest absolute Gasteiger partial charge is 0.330 e. The standard InChI is InChI=1S/C16H16N2S/c1-2-7-12-8-3-5-10-14(12)18-15-11-6-4-9-13(15)17-16(18)19/h3-6,8-11H,2,7H2,1H3,(H,17,19). The summed E-state index contributed by atoms with van der Waals surface area (Å²) in [4.78, 5) is 3.27. The smallest absolute Gasteiger partial charge is 0.182 e. The highest BCUT2D eigenvalue weighted by atomic mass is 32.1. The van der Waals surface area contributed by atoms with E-state index in [0.29, 0.717) is 0 Å². The lowest BCUT2D eigenvalue weighted by atomic mass is 10.1. The van der Waals surface area contributed by atoms with Crippen molar-refractivity contribution >= 4 is 23.3 Å². The summed E-state index contributed by atoms with van der Waals surface area (Å²) < 4.78 is 2.89. The summed E-state index contributed by atoms with van der Waals surface area (Å²) in [6, 6.07) is 16.7. The van der Waals surface area contributed by atoms with E-state index in [-0.39, 0.29) is 0 Å². The Morgan fingerprint density at radius 3 is 2.63 bits per heavy atom. The van der Waals surface area contributed by atoms with Gasteiger partial charge in [-0.3, -0.25) is 4.57 Å². The molecule has 19 heavy (non-hydrogen) atoms. The van der Waals surface area contributed by atoms with Crippen molar-refractivity contribution in [2.24, 2.45) is 0 Å². The number of benzene rings is 2. The van der Waals surface area contributed by atoms with Gasteiger partial charge in [-0.2, -0.15) is 0 Å². The molecule has 0 aliphatic rings. The van der Waals surface area contributed by atoms with Gasteiger partial charge in [-0.25, -0.2) is 0 Å². The molecule has 0 unspecified atom stereocenters. The van der Waals surface area contributed by atoms with Crippen molar-refractivity contribution in [3.63, 3.8) is 0 Å². The van der Waals surface area contributed by atoms with Crippen molar-refractivity contribution in [1.82, 2.24) is 9.55 Å². The fourth-order valence-corrected chi connectivity index (χ4v) is 2.81. The number of aryl methyl sites for hydroxylation is 1. The molecule has 0 aliphatic heterocycles. The van der Waals surface area contributed by atoms with Crippen molar-refractivity contribution in [3.05, 3.63) is 58.9 Å². The second-order valence-corrected chi connectivity index (χ2v) is 5.05. The Hall–Kier alpha value is -1.87. The molecule has 0 aliphatic carbocycles. The minimum absolute atomic E-state index is 0.754. The van der Waals surface area contributed by atoms with Gasteiger partial charge in [0.15, 0.2) is 4.77 Å². The molecule has 2 aromatic carbocycles. The van der Waals surface area contributed by atoms with Crippen LogP contribution in [0.3, 0.4) is 0 Å². The predicted molar refractivity (Wildman–Crippen MR) is 82.5 cm³/mol. The average molecular weight is 268 g/mol. The molecule has 0 saturated carbocycles. The number of imidazole rings is 1. The van der Waals surface area contributed by atoms with E-state index in [9.17, 15) is 0 Å². The van der Waals surface area contributed by atoms with Crippen LogP contribution in [0.25, 0.3) is 16.7 Å². The maximum atomic E-state index is 5.49. The second-order valence-electron chi connectivity index (χ2n) is 4.66. The maximum absolute atomic E-state index is 5.49. The molecule has 0 spiro atoms. The van der Waals surface area contributed by atoms with Gasteiger partial charge in [0.2, 0.25) is 0 Å². The van der Waals surface area contributed by atoms with E-state index in [1.165, 1.54) is 11.3 Å². The molecule has 0 radical (unpaired) electrons. The van der Waals surface area contributed by atoms with Gasteiger partial charge in [0.1, 0.15) is 0 Å². The van der Waals surface area contributed by atoms with Crippen LogP contribution in [0.5, 0.6) is 0 Å². The van der Waals surface area contributed by atoms with Crippen LogP contribution < -0.4 is 0 Å². The van der Waals surface area contributed by atoms with E-state index >= 15 is 0 Å².